The first-order valence-electron chi connectivity index (χ1n) is 11.1. The van der Waals surface area contributed by atoms with Crippen LogP contribution in [-0.2, 0) is 16.0 Å². The van der Waals surface area contributed by atoms with E-state index in [0.717, 1.165) is 22.2 Å². The topological polar surface area (TPSA) is 94.2 Å². The Bertz CT molecular complexity index is 1140. The van der Waals surface area contributed by atoms with Gasteiger partial charge in [0.25, 0.3) is 11.1 Å². The fraction of sp³-hybridized carbons (Fsp3) is 0.269. The van der Waals surface area contributed by atoms with Crippen molar-refractivity contribution in [3.63, 3.8) is 0 Å². The smallest absolute Gasteiger partial charge is 0.294 e. The number of allylic oxidation sites excluding steroid dienone is 1. The third-order valence-electron chi connectivity index (χ3n) is 4.95. The van der Waals surface area contributed by atoms with Crippen molar-refractivity contribution >= 4 is 40.6 Å². The molecule has 3 amide bonds. The predicted octanol–water partition coefficient (Wildman–Crippen LogP) is 4.90. The van der Waals surface area contributed by atoms with Gasteiger partial charge in [0.2, 0.25) is 5.91 Å². The van der Waals surface area contributed by atoms with E-state index < -0.39 is 17.1 Å². The van der Waals surface area contributed by atoms with Crippen LogP contribution in [0.25, 0.3) is 6.08 Å². The molecule has 1 heterocycles. The van der Waals surface area contributed by atoms with Gasteiger partial charge >= 0.3 is 0 Å². The molecule has 2 aromatic rings. The molecule has 2 aromatic carbocycles. The standard InChI is InChI=1S/C26H28N2O6S/c1-5-8-18-13-17(14-21(33-6-2)24(18)34-7-3)15-22-25(30)28(26(31)35-22)16-23(29)27-19-9-11-20(32-4)12-10-19/h5,9-15H,1,6-8,16H2,2-4H3,(H,27,29)/b22-15+. The number of amides is 3. The summed E-state index contributed by atoms with van der Waals surface area (Å²) < 4.78 is 16.6. The molecule has 3 rings (SSSR count). The molecular formula is C26H28N2O6S. The van der Waals surface area contributed by atoms with E-state index in [1.807, 2.05) is 19.9 Å². The molecule has 0 bridgehead atoms. The number of nitrogens with zero attached hydrogens (tertiary/aromatic N) is 1. The molecule has 184 valence electrons. The molecule has 8 nitrogen and oxygen atoms in total. The van der Waals surface area contributed by atoms with Crippen LogP contribution in [0.2, 0.25) is 0 Å². The van der Waals surface area contributed by atoms with E-state index in [1.54, 1.807) is 49.6 Å². The first-order valence-corrected chi connectivity index (χ1v) is 11.9. The summed E-state index contributed by atoms with van der Waals surface area (Å²) in [5, 5.41) is 2.17. The normalized spacial score (nSPS) is 14.3. The molecule has 35 heavy (non-hydrogen) atoms. The maximum Gasteiger partial charge on any atom is 0.294 e. The number of ether oxygens (including phenoxy) is 3. The average Bonchev–Trinajstić information content (AvgIpc) is 3.09. The molecule has 0 aromatic heterocycles. The molecule has 1 aliphatic heterocycles. The molecule has 1 saturated heterocycles. The largest absolute Gasteiger partial charge is 0.497 e. The van der Waals surface area contributed by atoms with Crippen LogP contribution in [0.1, 0.15) is 25.0 Å². The van der Waals surface area contributed by atoms with Gasteiger partial charge in [0.1, 0.15) is 12.3 Å². The zero-order valence-electron chi connectivity index (χ0n) is 20.0. The van der Waals surface area contributed by atoms with Gasteiger partial charge in [-0.25, -0.2) is 0 Å². The lowest BCUT2D eigenvalue weighted by molar-refractivity contribution is -0.127. The Morgan fingerprint density at radius 3 is 2.46 bits per heavy atom. The highest BCUT2D eigenvalue weighted by atomic mass is 32.2. The van der Waals surface area contributed by atoms with E-state index >= 15 is 0 Å². The van der Waals surface area contributed by atoms with Crippen LogP contribution in [0.5, 0.6) is 17.2 Å². The summed E-state index contributed by atoms with van der Waals surface area (Å²) in [6.07, 6.45) is 3.92. The highest BCUT2D eigenvalue weighted by Crippen LogP contribution is 2.37. The molecule has 9 heteroatoms. The number of nitrogens with one attached hydrogen (secondary N) is 1. The van der Waals surface area contributed by atoms with Crippen molar-refractivity contribution in [2.75, 3.05) is 32.2 Å². The van der Waals surface area contributed by atoms with Crippen LogP contribution in [0.4, 0.5) is 10.5 Å². The maximum absolute atomic E-state index is 12.9. The minimum absolute atomic E-state index is 0.225. The fourth-order valence-corrected chi connectivity index (χ4v) is 4.29. The van der Waals surface area contributed by atoms with Crippen LogP contribution in [0, 0.1) is 0 Å². The summed E-state index contributed by atoms with van der Waals surface area (Å²) in [6, 6.07) is 10.4. The van der Waals surface area contributed by atoms with Gasteiger partial charge in [0, 0.05) is 11.3 Å². The second-order valence-electron chi connectivity index (χ2n) is 7.41. The number of hydrogen-bond donors (Lipinski definition) is 1. The summed E-state index contributed by atoms with van der Waals surface area (Å²) in [7, 11) is 1.55. The Labute approximate surface area is 208 Å². The monoisotopic (exact) mass is 496 g/mol. The first-order chi connectivity index (χ1) is 16.9. The lowest BCUT2D eigenvalue weighted by Crippen LogP contribution is -2.36. The number of thioether (sulfide) groups is 1. The molecule has 0 radical (unpaired) electrons. The number of hydrogen-bond acceptors (Lipinski definition) is 7. The second-order valence-corrected chi connectivity index (χ2v) is 8.40. The number of methoxy groups -OCH3 is 1. The number of carbonyl (C=O) groups is 3. The van der Waals surface area contributed by atoms with Gasteiger partial charge in [0.15, 0.2) is 11.5 Å². The SMILES string of the molecule is C=CCc1cc(/C=C2/SC(=O)N(CC(=O)Nc3ccc(OC)cc3)C2=O)cc(OCC)c1OCC. The van der Waals surface area contributed by atoms with E-state index in [9.17, 15) is 14.4 Å². The van der Waals surface area contributed by atoms with E-state index in [0.29, 0.717) is 48.1 Å². The molecule has 0 saturated carbocycles. The van der Waals surface area contributed by atoms with Gasteiger partial charge in [-0.2, -0.15) is 0 Å². The Kier molecular flexibility index (Phi) is 8.97. The van der Waals surface area contributed by atoms with Gasteiger partial charge in [-0.1, -0.05) is 6.08 Å². The zero-order valence-corrected chi connectivity index (χ0v) is 20.8. The summed E-state index contributed by atoms with van der Waals surface area (Å²) >= 11 is 0.793. The molecule has 1 N–H and O–H groups in total. The van der Waals surface area contributed by atoms with Crippen LogP contribution in [0.3, 0.4) is 0 Å². The Hall–Kier alpha value is -3.72. The van der Waals surface area contributed by atoms with Crippen molar-refractivity contribution in [1.29, 1.82) is 0 Å². The number of anilines is 1. The maximum atomic E-state index is 12.9. The van der Waals surface area contributed by atoms with Gasteiger partial charge in [-0.05, 0) is 80.1 Å². The number of benzene rings is 2. The molecular weight excluding hydrogens is 468 g/mol. The van der Waals surface area contributed by atoms with E-state index in [4.69, 9.17) is 14.2 Å². The van der Waals surface area contributed by atoms with Gasteiger partial charge < -0.3 is 19.5 Å². The highest BCUT2D eigenvalue weighted by Gasteiger charge is 2.36. The number of imide groups is 1. The first kappa shape index (κ1) is 25.9. The minimum atomic E-state index is -0.526. The quantitative estimate of drug-likeness (QED) is 0.349. The van der Waals surface area contributed by atoms with E-state index in [-0.39, 0.29) is 11.4 Å². The zero-order chi connectivity index (χ0) is 25.4. The van der Waals surface area contributed by atoms with Crippen molar-refractivity contribution in [1.82, 2.24) is 4.90 Å². The van der Waals surface area contributed by atoms with Crippen molar-refractivity contribution in [3.05, 3.63) is 65.1 Å². The van der Waals surface area contributed by atoms with Crippen molar-refractivity contribution in [2.45, 2.75) is 20.3 Å². The van der Waals surface area contributed by atoms with E-state index in [2.05, 4.69) is 11.9 Å². The summed E-state index contributed by atoms with van der Waals surface area (Å²) in [5.74, 6) is 0.832. The second kappa shape index (κ2) is 12.1. The van der Waals surface area contributed by atoms with Gasteiger partial charge in [-0.3, -0.25) is 19.3 Å². The van der Waals surface area contributed by atoms with Gasteiger partial charge in [-0.15, -0.1) is 6.58 Å². The van der Waals surface area contributed by atoms with Crippen LogP contribution in [0.15, 0.2) is 54.0 Å². The summed E-state index contributed by atoms with van der Waals surface area (Å²) in [4.78, 5) is 39.0. The Morgan fingerprint density at radius 1 is 1.11 bits per heavy atom. The minimum Gasteiger partial charge on any atom is -0.497 e. The number of rotatable bonds is 11. The number of carbonyl (C=O) groups excluding carboxylic acids is 3. The molecule has 0 spiro atoms. The molecule has 0 atom stereocenters. The highest BCUT2D eigenvalue weighted by molar-refractivity contribution is 8.18. The van der Waals surface area contributed by atoms with Crippen LogP contribution < -0.4 is 19.5 Å². The predicted molar refractivity (Wildman–Crippen MR) is 137 cm³/mol. The molecule has 0 aliphatic carbocycles. The van der Waals surface area contributed by atoms with Gasteiger partial charge in [0.05, 0.1) is 25.2 Å². The molecule has 1 aliphatic rings. The molecule has 0 unspecified atom stereocenters. The fourth-order valence-electron chi connectivity index (χ4n) is 3.45. The lowest BCUT2D eigenvalue weighted by Gasteiger charge is -2.16. The Balaban J connectivity index is 1.79. The van der Waals surface area contributed by atoms with E-state index in [1.165, 1.54) is 0 Å². The summed E-state index contributed by atoms with van der Waals surface area (Å²) in [6.45, 7) is 8.09. The van der Waals surface area contributed by atoms with Crippen molar-refractivity contribution < 1.29 is 28.6 Å². The van der Waals surface area contributed by atoms with Crippen LogP contribution >= 0.6 is 11.8 Å². The lowest BCUT2D eigenvalue weighted by atomic mass is 10.0. The Morgan fingerprint density at radius 2 is 1.83 bits per heavy atom. The molecule has 1 fully saturated rings. The summed E-state index contributed by atoms with van der Waals surface area (Å²) in [5.41, 5.74) is 2.07. The third-order valence-corrected chi connectivity index (χ3v) is 5.86. The van der Waals surface area contributed by atoms with Crippen molar-refractivity contribution in [3.8, 4) is 17.2 Å². The third kappa shape index (κ3) is 6.45. The van der Waals surface area contributed by atoms with Crippen molar-refractivity contribution in [2.24, 2.45) is 0 Å². The average molecular weight is 497 g/mol. The van der Waals surface area contributed by atoms with Crippen LogP contribution in [-0.4, -0.2) is 48.8 Å².